The molecule has 1 aromatic carbocycles. The molecule has 10 heteroatoms. The SMILES string of the molecule is Nc1ccccc1NC(=O)CCNCCc1nc(C(=O)NCc2ccccn2)no1. The van der Waals surface area contributed by atoms with Crippen LogP contribution in [0.3, 0.4) is 0 Å². The molecule has 3 rings (SSSR count). The molecule has 156 valence electrons. The highest BCUT2D eigenvalue weighted by Crippen LogP contribution is 2.16. The lowest BCUT2D eigenvalue weighted by molar-refractivity contribution is -0.116. The van der Waals surface area contributed by atoms with Gasteiger partial charge in [0.1, 0.15) is 0 Å². The van der Waals surface area contributed by atoms with Crippen LogP contribution in [0.25, 0.3) is 0 Å². The minimum Gasteiger partial charge on any atom is -0.397 e. The minimum absolute atomic E-state index is 0.0271. The van der Waals surface area contributed by atoms with Crippen molar-refractivity contribution in [3.63, 3.8) is 0 Å². The fraction of sp³-hybridized carbons (Fsp3) is 0.250. The first-order valence-corrected chi connectivity index (χ1v) is 9.47. The molecule has 0 fully saturated rings. The number of pyridine rings is 1. The van der Waals surface area contributed by atoms with Crippen molar-refractivity contribution < 1.29 is 14.1 Å². The molecule has 2 heterocycles. The summed E-state index contributed by atoms with van der Waals surface area (Å²) in [6.07, 6.45) is 2.38. The van der Waals surface area contributed by atoms with Gasteiger partial charge in [-0.25, -0.2) is 0 Å². The standard InChI is InChI=1S/C20H23N7O3/c21-15-6-1-2-7-16(15)25-17(28)8-11-22-12-9-18-26-19(27-30-18)20(29)24-13-14-5-3-4-10-23-14/h1-7,10,22H,8-9,11-13,21H2,(H,24,29)(H,25,28). The molecule has 0 bridgehead atoms. The molecule has 10 nitrogen and oxygen atoms in total. The predicted molar refractivity (Wildman–Crippen MR) is 110 cm³/mol. The van der Waals surface area contributed by atoms with Gasteiger partial charge in [0.05, 0.1) is 23.6 Å². The lowest BCUT2D eigenvalue weighted by Crippen LogP contribution is -2.25. The van der Waals surface area contributed by atoms with Crippen molar-refractivity contribution in [1.29, 1.82) is 0 Å². The van der Waals surface area contributed by atoms with Gasteiger partial charge < -0.3 is 26.2 Å². The Hall–Kier alpha value is -3.79. The number of para-hydroxylation sites is 2. The summed E-state index contributed by atoms with van der Waals surface area (Å²) in [6, 6.07) is 12.5. The van der Waals surface area contributed by atoms with Crippen LogP contribution in [0.5, 0.6) is 0 Å². The third-order valence-corrected chi connectivity index (χ3v) is 4.11. The van der Waals surface area contributed by atoms with Crippen molar-refractivity contribution in [3.05, 3.63) is 66.1 Å². The van der Waals surface area contributed by atoms with Crippen LogP contribution in [-0.4, -0.2) is 40.0 Å². The molecule has 0 radical (unpaired) electrons. The van der Waals surface area contributed by atoms with Crippen molar-refractivity contribution in [2.24, 2.45) is 0 Å². The van der Waals surface area contributed by atoms with E-state index in [0.29, 0.717) is 43.2 Å². The molecular formula is C20H23N7O3. The number of aromatic nitrogens is 3. The number of nitrogens with two attached hydrogens (primary N) is 1. The second-order valence-corrected chi connectivity index (χ2v) is 6.40. The van der Waals surface area contributed by atoms with Gasteiger partial charge in [0.2, 0.25) is 11.8 Å². The summed E-state index contributed by atoms with van der Waals surface area (Å²) in [5, 5.41) is 12.3. The van der Waals surface area contributed by atoms with E-state index in [9.17, 15) is 9.59 Å². The summed E-state index contributed by atoms with van der Waals surface area (Å²) in [4.78, 5) is 32.2. The van der Waals surface area contributed by atoms with Gasteiger partial charge in [-0.1, -0.05) is 23.4 Å². The van der Waals surface area contributed by atoms with Gasteiger partial charge in [-0.3, -0.25) is 14.6 Å². The van der Waals surface area contributed by atoms with Crippen LogP contribution in [0.2, 0.25) is 0 Å². The normalized spacial score (nSPS) is 10.5. The summed E-state index contributed by atoms with van der Waals surface area (Å²) in [5.74, 6) is -0.252. The maximum absolute atomic E-state index is 12.1. The van der Waals surface area contributed by atoms with Gasteiger partial charge in [0.15, 0.2) is 0 Å². The molecule has 0 aliphatic carbocycles. The fourth-order valence-corrected chi connectivity index (χ4v) is 2.55. The van der Waals surface area contributed by atoms with Crippen molar-refractivity contribution >= 4 is 23.2 Å². The Labute approximate surface area is 173 Å². The molecule has 3 aromatic rings. The molecule has 5 N–H and O–H groups in total. The van der Waals surface area contributed by atoms with Gasteiger partial charge in [0, 0.05) is 32.1 Å². The topological polar surface area (TPSA) is 148 Å². The summed E-state index contributed by atoms with van der Waals surface area (Å²) in [6.45, 7) is 1.28. The summed E-state index contributed by atoms with van der Waals surface area (Å²) in [7, 11) is 0. The number of hydrogen-bond acceptors (Lipinski definition) is 8. The number of nitrogens with zero attached hydrogens (tertiary/aromatic N) is 3. The third kappa shape index (κ3) is 6.38. The Kier molecular flexibility index (Phi) is 7.45. The number of rotatable bonds is 10. The van der Waals surface area contributed by atoms with E-state index < -0.39 is 5.91 Å². The second-order valence-electron chi connectivity index (χ2n) is 6.40. The Bertz CT molecular complexity index is 975. The summed E-state index contributed by atoms with van der Waals surface area (Å²) >= 11 is 0. The third-order valence-electron chi connectivity index (χ3n) is 4.11. The molecule has 2 amide bonds. The van der Waals surface area contributed by atoms with Gasteiger partial charge in [-0.15, -0.1) is 0 Å². The molecule has 0 aliphatic rings. The van der Waals surface area contributed by atoms with Crippen molar-refractivity contribution in [1.82, 2.24) is 25.8 Å². The molecule has 0 spiro atoms. The molecule has 0 aliphatic heterocycles. The summed E-state index contributed by atoms with van der Waals surface area (Å²) in [5.41, 5.74) is 7.65. The number of anilines is 2. The molecule has 0 unspecified atom stereocenters. The van der Waals surface area contributed by atoms with E-state index in [1.165, 1.54) is 0 Å². The summed E-state index contributed by atoms with van der Waals surface area (Å²) < 4.78 is 5.09. The van der Waals surface area contributed by atoms with Gasteiger partial charge in [0.25, 0.3) is 11.7 Å². The largest absolute Gasteiger partial charge is 0.397 e. The number of amides is 2. The van der Waals surface area contributed by atoms with E-state index >= 15 is 0 Å². The van der Waals surface area contributed by atoms with Gasteiger partial charge in [-0.2, -0.15) is 4.98 Å². The average Bonchev–Trinajstić information content (AvgIpc) is 3.23. The number of carbonyl (C=O) groups is 2. The monoisotopic (exact) mass is 409 g/mol. The maximum Gasteiger partial charge on any atom is 0.293 e. The Morgan fingerprint density at radius 1 is 1.07 bits per heavy atom. The van der Waals surface area contributed by atoms with Crippen molar-refractivity contribution in [2.75, 3.05) is 24.1 Å². The highest BCUT2D eigenvalue weighted by atomic mass is 16.5. The quantitative estimate of drug-likeness (QED) is 0.288. The van der Waals surface area contributed by atoms with Gasteiger partial charge >= 0.3 is 0 Å². The lowest BCUT2D eigenvalue weighted by atomic mass is 10.2. The Morgan fingerprint density at radius 2 is 1.90 bits per heavy atom. The highest BCUT2D eigenvalue weighted by molar-refractivity contribution is 5.93. The Morgan fingerprint density at radius 3 is 2.70 bits per heavy atom. The molecule has 0 atom stereocenters. The molecule has 30 heavy (non-hydrogen) atoms. The molecule has 0 saturated heterocycles. The van der Waals surface area contributed by atoms with Crippen LogP contribution in [0.15, 0.2) is 53.2 Å². The number of nitrogen functional groups attached to an aromatic ring is 1. The lowest BCUT2D eigenvalue weighted by Gasteiger charge is -2.08. The fourth-order valence-electron chi connectivity index (χ4n) is 2.55. The van der Waals surface area contributed by atoms with Crippen LogP contribution in [0, 0.1) is 0 Å². The van der Waals surface area contributed by atoms with Crippen molar-refractivity contribution in [3.8, 4) is 0 Å². The van der Waals surface area contributed by atoms with E-state index in [2.05, 4.69) is 31.1 Å². The number of hydrogen-bond donors (Lipinski definition) is 4. The minimum atomic E-state index is -0.430. The molecule has 0 saturated carbocycles. The zero-order valence-corrected chi connectivity index (χ0v) is 16.3. The Balaban J connectivity index is 1.33. The average molecular weight is 409 g/mol. The van der Waals surface area contributed by atoms with Crippen LogP contribution in [-0.2, 0) is 17.8 Å². The van der Waals surface area contributed by atoms with Crippen LogP contribution < -0.4 is 21.7 Å². The predicted octanol–water partition coefficient (Wildman–Crippen LogP) is 1.14. The van der Waals surface area contributed by atoms with Crippen LogP contribution >= 0.6 is 0 Å². The molecule has 2 aromatic heterocycles. The first-order valence-electron chi connectivity index (χ1n) is 9.47. The van der Waals surface area contributed by atoms with Crippen molar-refractivity contribution in [2.45, 2.75) is 19.4 Å². The first-order chi connectivity index (χ1) is 14.6. The van der Waals surface area contributed by atoms with Gasteiger partial charge in [-0.05, 0) is 24.3 Å². The van der Waals surface area contributed by atoms with E-state index in [-0.39, 0.29) is 18.3 Å². The van der Waals surface area contributed by atoms with Crippen LogP contribution in [0.1, 0.15) is 28.6 Å². The zero-order valence-electron chi connectivity index (χ0n) is 16.3. The van der Waals surface area contributed by atoms with E-state index in [1.54, 1.807) is 30.5 Å². The first kappa shape index (κ1) is 20.9. The van der Waals surface area contributed by atoms with E-state index in [0.717, 1.165) is 5.69 Å². The number of benzene rings is 1. The zero-order chi connectivity index (χ0) is 21.2. The smallest absolute Gasteiger partial charge is 0.293 e. The van der Waals surface area contributed by atoms with E-state index in [1.807, 2.05) is 18.2 Å². The maximum atomic E-state index is 12.1. The second kappa shape index (κ2) is 10.7. The van der Waals surface area contributed by atoms with Crippen LogP contribution in [0.4, 0.5) is 11.4 Å². The highest BCUT2D eigenvalue weighted by Gasteiger charge is 2.14. The molecular weight excluding hydrogens is 386 g/mol. The number of carbonyl (C=O) groups excluding carboxylic acids is 2. The van der Waals surface area contributed by atoms with E-state index in [4.69, 9.17) is 10.3 Å². The number of nitrogens with one attached hydrogen (secondary N) is 3.